The van der Waals surface area contributed by atoms with Crippen molar-refractivity contribution in [2.75, 3.05) is 38.1 Å². The fourth-order valence-corrected chi connectivity index (χ4v) is 2.76. The second-order valence-electron chi connectivity index (χ2n) is 5.67. The van der Waals surface area contributed by atoms with Crippen LogP contribution in [0.25, 0.3) is 0 Å². The van der Waals surface area contributed by atoms with Crippen LogP contribution in [0, 0.1) is 12.8 Å². The van der Waals surface area contributed by atoms with Gasteiger partial charge < -0.3 is 15.5 Å². The molecule has 1 aromatic rings. The third-order valence-electron chi connectivity index (χ3n) is 3.86. The van der Waals surface area contributed by atoms with Crippen LogP contribution >= 0.6 is 0 Å². The van der Waals surface area contributed by atoms with Crippen LogP contribution in [0.4, 0.5) is 5.69 Å². The van der Waals surface area contributed by atoms with Gasteiger partial charge in [-0.1, -0.05) is 24.6 Å². The number of benzene rings is 1. The molecule has 1 aliphatic rings. The van der Waals surface area contributed by atoms with E-state index < -0.39 is 0 Å². The van der Waals surface area contributed by atoms with Gasteiger partial charge in [-0.15, -0.1) is 0 Å². The van der Waals surface area contributed by atoms with E-state index in [4.69, 9.17) is 5.73 Å². The lowest BCUT2D eigenvalue weighted by molar-refractivity contribution is 0.244. The molecule has 1 aliphatic heterocycles. The number of likely N-dealkylation sites (N-methyl/N-ethyl adjacent to an activating group) is 1. The van der Waals surface area contributed by atoms with E-state index in [2.05, 4.69) is 55.0 Å². The average Bonchev–Trinajstić information content (AvgIpc) is 2.48. The van der Waals surface area contributed by atoms with Crippen molar-refractivity contribution in [2.45, 2.75) is 19.9 Å². The average molecular weight is 247 g/mol. The minimum absolute atomic E-state index is 0.455. The van der Waals surface area contributed by atoms with E-state index in [9.17, 15) is 0 Å². The molecule has 2 rings (SSSR count). The Bertz CT molecular complexity index is 374. The fraction of sp³-hybridized carbons (Fsp3) is 0.600. The number of hydrogen-bond donors (Lipinski definition) is 1. The SMILES string of the molecule is Cc1ccc(N2CC(C)CN(C)C(CN)C2)cc1. The Hall–Kier alpha value is -1.06. The molecule has 0 saturated carbocycles. The molecule has 0 aliphatic carbocycles. The third-order valence-corrected chi connectivity index (χ3v) is 3.86. The van der Waals surface area contributed by atoms with Crippen molar-refractivity contribution in [3.05, 3.63) is 29.8 Å². The normalized spacial score (nSPS) is 26.1. The lowest BCUT2D eigenvalue weighted by Crippen LogP contribution is -2.43. The van der Waals surface area contributed by atoms with Crippen LogP contribution in [0.5, 0.6) is 0 Å². The maximum Gasteiger partial charge on any atom is 0.0390 e. The van der Waals surface area contributed by atoms with Crippen molar-refractivity contribution in [1.29, 1.82) is 0 Å². The summed E-state index contributed by atoms with van der Waals surface area (Å²) in [6.45, 7) is 8.45. The van der Waals surface area contributed by atoms with Crippen molar-refractivity contribution in [3.63, 3.8) is 0 Å². The predicted molar refractivity (Wildman–Crippen MR) is 78.0 cm³/mol. The van der Waals surface area contributed by atoms with Crippen LogP contribution in [0.3, 0.4) is 0 Å². The highest BCUT2D eigenvalue weighted by molar-refractivity contribution is 5.48. The highest BCUT2D eigenvalue weighted by Gasteiger charge is 2.24. The highest BCUT2D eigenvalue weighted by atomic mass is 15.2. The lowest BCUT2D eigenvalue weighted by Gasteiger charge is -2.29. The molecule has 0 amide bonds. The van der Waals surface area contributed by atoms with Crippen LogP contribution < -0.4 is 10.6 Å². The van der Waals surface area contributed by atoms with Crippen molar-refractivity contribution >= 4 is 5.69 Å². The highest BCUT2D eigenvalue weighted by Crippen LogP contribution is 2.20. The van der Waals surface area contributed by atoms with Crippen LogP contribution in [-0.4, -0.2) is 44.2 Å². The first-order valence-corrected chi connectivity index (χ1v) is 6.82. The smallest absolute Gasteiger partial charge is 0.0390 e. The van der Waals surface area contributed by atoms with Crippen molar-refractivity contribution in [2.24, 2.45) is 11.7 Å². The molecular weight excluding hydrogens is 222 g/mol. The summed E-state index contributed by atoms with van der Waals surface area (Å²) in [5.74, 6) is 0.674. The molecule has 100 valence electrons. The molecule has 3 nitrogen and oxygen atoms in total. The second-order valence-corrected chi connectivity index (χ2v) is 5.67. The summed E-state index contributed by atoms with van der Waals surface area (Å²) in [4.78, 5) is 4.88. The van der Waals surface area contributed by atoms with E-state index in [1.54, 1.807) is 0 Å². The monoisotopic (exact) mass is 247 g/mol. The Balaban J connectivity index is 2.18. The molecule has 2 atom stereocenters. The lowest BCUT2D eigenvalue weighted by atomic mass is 10.1. The number of nitrogens with two attached hydrogens (primary N) is 1. The topological polar surface area (TPSA) is 32.5 Å². The molecule has 1 saturated heterocycles. The van der Waals surface area contributed by atoms with Gasteiger partial charge in [0.1, 0.15) is 0 Å². The van der Waals surface area contributed by atoms with Gasteiger partial charge in [0.05, 0.1) is 0 Å². The molecule has 0 aromatic heterocycles. The summed E-state index contributed by atoms with van der Waals surface area (Å²) in [7, 11) is 2.19. The van der Waals surface area contributed by atoms with E-state index >= 15 is 0 Å². The van der Waals surface area contributed by atoms with Crippen molar-refractivity contribution < 1.29 is 0 Å². The molecule has 0 radical (unpaired) electrons. The summed E-state index contributed by atoms with van der Waals surface area (Å²) >= 11 is 0. The van der Waals surface area contributed by atoms with Gasteiger partial charge in [-0.2, -0.15) is 0 Å². The maximum atomic E-state index is 5.90. The van der Waals surface area contributed by atoms with Crippen LogP contribution in [0.2, 0.25) is 0 Å². The van der Waals surface area contributed by atoms with Gasteiger partial charge in [0.2, 0.25) is 0 Å². The fourth-order valence-electron chi connectivity index (χ4n) is 2.76. The van der Waals surface area contributed by atoms with Gasteiger partial charge in [-0.3, -0.25) is 0 Å². The zero-order valence-electron chi connectivity index (χ0n) is 11.8. The van der Waals surface area contributed by atoms with Gasteiger partial charge in [0, 0.05) is 37.9 Å². The first-order chi connectivity index (χ1) is 8.60. The summed E-state index contributed by atoms with van der Waals surface area (Å²) < 4.78 is 0. The van der Waals surface area contributed by atoms with E-state index in [1.807, 2.05) is 0 Å². The van der Waals surface area contributed by atoms with E-state index in [0.29, 0.717) is 12.0 Å². The zero-order valence-corrected chi connectivity index (χ0v) is 11.8. The Morgan fingerprint density at radius 3 is 2.44 bits per heavy atom. The van der Waals surface area contributed by atoms with Gasteiger partial charge >= 0.3 is 0 Å². The predicted octanol–water partition coefficient (Wildman–Crippen LogP) is 1.71. The van der Waals surface area contributed by atoms with Gasteiger partial charge in [0.15, 0.2) is 0 Å². The largest absolute Gasteiger partial charge is 0.370 e. The second kappa shape index (κ2) is 5.72. The van der Waals surface area contributed by atoms with Gasteiger partial charge in [0.25, 0.3) is 0 Å². The minimum atomic E-state index is 0.455. The Kier molecular flexibility index (Phi) is 4.25. The number of nitrogens with zero attached hydrogens (tertiary/aromatic N) is 2. The van der Waals surface area contributed by atoms with Crippen LogP contribution in [-0.2, 0) is 0 Å². The third kappa shape index (κ3) is 3.03. The number of anilines is 1. The summed E-state index contributed by atoms with van der Waals surface area (Å²) in [5.41, 5.74) is 8.54. The molecular formula is C15H25N3. The Morgan fingerprint density at radius 1 is 1.17 bits per heavy atom. The maximum absolute atomic E-state index is 5.90. The summed E-state index contributed by atoms with van der Waals surface area (Å²) in [6.07, 6.45) is 0. The van der Waals surface area contributed by atoms with E-state index in [-0.39, 0.29) is 0 Å². The number of rotatable bonds is 2. The molecule has 1 aromatic carbocycles. The quantitative estimate of drug-likeness (QED) is 0.863. The molecule has 2 unspecified atom stereocenters. The molecule has 18 heavy (non-hydrogen) atoms. The molecule has 2 N–H and O–H groups in total. The summed E-state index contributed by atoms with van der Waals surface area (Å²) in [5, 5.41) is 0. The van der Waals surface area contributed by atoms with E-state index in [1.165, 1.54) is 11.3 Å². The minimum Gasteiger partial charge on any atom is -0.370 e. The standard InChI is InChI=1S/C15H25N3/c1-12-4-6-14(7-5-12)18-10-13(2)9-17(3)15(8-16)11-18/h4-7,13,15H,8-11,16H2,1-3H3. The van der Waals surface area contributed by atoms with E-state index in [0.717, 1.165) is 26.2 Å². The van der Waals surface area contributed by atoms with Crippen molar-refractivity contribution in [3.8, 4) is 0 Å². The van der Waals surface area contributed by atoms with Gasteiger partial charge in [-0.05, 0) is 32.0 Å². The molecule has 0 bridgehead atoms. The Morgan fingerprint density at radius 2 is 1.83 bits per heavy atom. The first-order valence-electron chi connectivity index (χ1n) is 6.82. The molecule has 0 spiro atoms. The van der Waals surface area contributed by atoms with Crippen LogP contribution in [0.1, 0.15) is 12.5 Å². The Labute approximate surface area is 111 Å². The molecule has 1 heterocycles. The van der Waals surface area contributed by atoms with Gasteiger partial charge in [-0.25, -0.2) is 0 Å². The molecule has 3 heteroatoms. The van der Waals surface area contributed by atoms with Crippen molar-refractivity contribution in [1.82, 2.24) is 4.90 Å². The summed E-state index contributed by atoms with van der Waals surface area (Å²) in [6, 6.07) is 9.27. The number of hydrogen-bond acceptors (Lipinski definition) is 3. The van der Waals surface area contributed by atoms with Crippen LogP contribution in [0.15, 0.2) is 24.3 Å². The zero-order chi connectivity index (χ0) is 13.1. The number of aryl methyl sites for hydroxylation is 1. The molecule has 1 fully saturated rings. The first kappa shape index (κ1) is 13.4.